The van der Waals surface area contributed by atoms with Gasteiger partial charge >= 0.3 is 0 Å². The number of nitrogens with zero attached hydrogens (tertiary/aromatic N) is 1. The van der Waals surface area contributed by atoms with Crippen LogP contribution in [0.25, 0.3) is 0 Å². The molecule has 35 heavy (non-hydrogen) atoms. The van der Waals surface area contributed by atoms with Crippen LogP contribution in [0.5, 0.6) is 0 Å². The Hall–Kier alpha value is -0.850. The van der Waals surface area contributed by atoms with Crippen LogP contribution in [0.3, 0.4) is 0 Å². The van der Waals surface area contributed by atoms with Crippen LogP contribution in [0.2, 0.25) is 0 Å². The van der Waals surface area contributed by atoms with Crippen molar-refractivity contribution < 1.29 is 4.57 Å². The van der Waals surface area contributed by atoms with Crippen molar-refractivity contribution in [1.29, 1.82) is 0 Å². The highest BCUT2D eigenvalue weighted by Gasteiger charge is 2.03. The van der Waals surface area contributed by atoms with E-state index in [1.165, 1.54) is 179 Å². The lowest BCUT2D eigenvalue weighted by atomic mass is 10.0. The second kappa shape index (κ2) is 26.2. The second-order valence-electron chi connectivity index (χ2n) is 11.3. The van der Waals surface area contributed by atoms with Gasteiger partial charge in [-0.05, 0) is 25.3 Å². The third-order valence-corrected chi connectivity index (χ3v) is 7.76. The van der Waals surface area contributed by atoms with Crippen LogP contribution in [0.1, 0.15) is 180 Å². The molecule has 1 nitrogen and oxygen atoms in total. The van der Waals surface area contributed by atoms with Gasteiger partial charge in [0, 0.05) is 18.1 Å². The summed E-state index contributed by atoms with van der Waals surface area (Å²) in [6.45, 7) is 5.80. The summed E-state index contributed by atoms with van der Waals surface area (Å²) in [6.07, 6.45) is 41.8. The summed E-state index contributed by atoms with van der Waals surface area (Å²) in [7, 11) is 0. The molecule has 0 radical (unpaired) electrons. The summed E-state index contributed by atoms with van der Waals surface area (Å²) in [5.74, 6) is 0. The van der Waals surface area contributed by atoms with Crippen molar-refractivity contribution in [3.05, 3.63) is 30.1 Å². The van der Waals surface area contributed by atoms with Gasteiger partial charge in [-0.2, -0.15) is 0 Å². The van der Waals surface area contributed by atoms with Gasteiger partial charge in [0.25, 0.3) is 0 Å². The number of aryl methyl sites for hydroxylation is 2. The lowest BCUT2D eigenvalue weighted by molar-refractivity contribution is -0.697. The van der Waals surface area contributed by atoms with Gasteiger partial charge in [0.15, 0.2) is 12.4 Å². The number of hydrogen-bond donors (Lipinski definition) is 0. The van der Waals surface area contributed by atoms with Gasteiger partial charge in [0.05, 0.1) is 0 Å². The average molecular weight is 487 g/mol. The zero-order chi connectivity index (χ0) is 25.1. The molecule has 0 aliphatic rings. The molecule has 0 N–H and O–H groups in total. The molecule has 0 bridgehead atoms. The molecule has 1 aromatic heterocycles. The Kier molecular flexibility index (Phi) is 24.1. The lowest BCUT2D eigenvalue weighted by Crippen LogP contribution is -2.33. The third kappa shape index (κ3) is 22.1. The van der Waals surface area contributed by atoms with E-state index in [1.807, 2.05) is 0 Å². The van der Waals surface area contributed by atoms with Crippen molar-refractivity contribution in [3.8, 4) is 0 Å². The molecule has 0 amide bonds. The SMILES string of the molecule is CCCCCCCCCCCCCCCCCc1ccc[n+](CCCCCCCCCCCC)c1. The maximum Gasteiger partial charge on any atom is 0.171 e. The molecule has 1 heteroatoms. The fourth-order valence-electron chi connectivity index (χ4n) is 5.35. The first-order valence-corrected chi connectivity index (χ1v) is 16.3. The Labute approximate surface area is 221 Å². The van der Waals surface area contributed by atoms with Gasteiger partial charge in [-0.3, -0.25) is 0 Å². The number of unbranched alkanes of at least 4 members (excludes halogenated alkanes) is 23. The molecular weight excluding hydrogens is 422 g/mol. The van der Waals surface area contributed by atoms with E-state index < -0.39 is 0 Å². The normalized spacial score (nSPS) is 11.4. The molecule has 204 valence electrons. The predicted molar refractivity (Wildman–Crippen MR) is 157 cm³/mol. The van der Waals surface area contributed by atoms with Crippen LogP contribution in [0, 0.1) is 0 Å². The molecule has 0 saturated heterocycles. The fraction of sp³-hybridized carbons (Fsp3) is 0.853. The molecule has 1 aromatic rings. The van der Waals surface area contributed by atoms with Crippen molar-refractivity contribution in [2.45, 2.75) is 187 Å². The topological polar surface area (TPSA) is 3.88 Å². The Morgan fingerprint density at radius 3 is 1.26 bits per heavy atom. The van der Waals surface area contributed by atoms with Gasteiger partial charge in [-0.25, -0.2) is 4.57 Å². The number of hydrogen-bond acceptors (Lipinski definition) is 0. The first-order chi connectivity index (χ1) is 17.4. The zero-order valence-electron chi connectivity index (χ0n) is 24.3. The molecule has 0 saturated carbocycles. The molecule has 0 unspecified atom stereocenters. The van der Waals surface area contributed by atoms with Gasteiger partial charge in [-0.1, -0.05) is 155 Å². The molecule has 1 rings (SSSR count). The minimum Gasteiger partial charge on any atom is -0.205 e. The van der Waals surface area contributed by atoms with E-state index in [0.717, 1.165) is 0 Å². The molecule has 1 heterocycles. The maximum absolute atomic E-state index is 2.44. The molecule has 0 aliphatic heterocycles. The van der Waals surface area contributed by atoms with E-state index in [2.05, 4.69) is 42.9 Å². The Balaban J connectivity index is 1.89. The van der Waals surface area contributed by atoms with Crippen LogP contribution < -0.4 is 4.57 Å². The summed E-state index contributed by atoms with van der Waals surface area (Å²) in [4.78, 5) is 0. The van der Waals surface area contributed by atoms with Gasteiger partial charge in [0.2, 0.25) is 0 Å². The third-order valence-electron chi connectivity index (χ3n) is 7.76. The smallest absolute Gasteiger partial charge is 0.171 e. The summed E-state index contributed by atoms with van der Waals surface area (Å²) < 4.78 is 2.44. The quantitative estimate of drug-likeness (QED) is 0.0859. The minimum atomic E-state index is 1.20. The summed E-state index contributed by atoms with van der Waals surface area (Å²) in [5.41, 5.74) is 1.54. The van der Waals surface area contributed by atoms with E-state index in [1.54, 1.807) is 0 Å². The van der Waals surface area contributed by atoms with Crippen LogP contribution in [0.4, 0.5) is 0 Å². The van der Waals surface area contributed by atoms with Gasteiger partial charge in [-0.15, -0.1) is 0 Å². The highest BCUT2D eigenvalue weighted by molar-refractivity contribution is 5.05. The van der Waals surface area contributed by atoms with Crippen molar-refractivity contribution in [2.75, 3.05) is 0 Å². The first-order valence-electron chi connectivity index (χ1n) is 16.3. The highest BCUT2D eigenvalue weighted by Crippen LogP contribution is 2.14. The highest BCUT2D eigenvalue weighted by atomic mass is 14.9. The van der Waals surface area contributed by atoms with Crippen molar-refractivity contribution >= 4 is 0 Å². The predicted octanol–water partition coefficient (Wildman–Crippen LogP) is 11.3. The Morgan fingerprint density at radius 2 is 0.829 bits per heavy atom. The van der Waals surface area contributed by atoms with E-state index in [9.17, 15) is 0 Å². The van der Waals surface area contributed by atoms with Crippen molar-refractivity contribution in [2.24, 2.45) is 0 Å². The summed E-state index contributed by atoms with van der Waals surface area (Å²) in [5, 5.41) is 0. The molecule has 0 aromatic carbocycles. The summed E-state index contributed by atoms with van der Waals surface area (Å²) in [6, 6.07) is 4.59. The summed E-state index contributed by atoms with van der Waals surface area (Å²) >= 11 is 0. The lowest BCUT2D eigenvalue weighted by Gasteiger charge is -2.04. The largest absolute Gasteiger partial charge is 0.205 e. The number of pyridine rings is 1. The first kappa shape index (κ1) is 32.2. The molecule has 0 spiro atoms. The minimum absolute atomic E-state index is 1.20. The molecule has 0 aliphatic carbocycles. The van der Waals surface area contributed by atoms with Gasteiger partial charge in [0.1, 0.15) is 6.54 Å². The van der Waals surface area contributed by atoms with E-state index >= 15 is 0 Å². The standard InChI is InChI=1S/C34H64N/c1-3-5-7-9-11-13-15-16-17-18-19-20-22-24-26-29-34-30-28-32-35(33-34)31-27-25-23-21-14-12-10-8-6-4-2/h28,30,32-33H,3-27,29,31H2,1-2H3/q+1. The molecule has 0 fully saturated rings. The van der Waals surface area contributed by atoms with Crippen LogP contribution >= 0.6 is 0 Å². The maximum atomic E-state index is 2.44. The Bertz CT molecular complexity index is 537. The van der Waals surface area contributed by atoms with Crippen molar-refractivity contribution in [1.82, 2.24) is 0 Å². The Morgan fingerprint density at radius 1 is 0.457 bits per heavy atom. The zero-order valence-corrected chi connectivity index (χ0v) is 24.3. The number of rotatable bonds is 27. The van der Waals surface area contributed by atoms with Crippen molar-refractivity contribution in [3.63, 3.8) is 0 Å². The second-order valence-corrected chi connectivity index (χ2v) is 11.3. The fourth-order valence-corrected chi connectivity index (χ4v) is 5.35. The monoisotopic (exact) mass is 487 g/mol. The van der Waals surface area contributed by atoms with Crippen LogP contribution in [-0.4, -0.2) is 0 Å². The number of aromatic nitrogens is 1. The van der Waals surface area contributed by atoms with E-state index in [-0.39, 0.29) is 0 Å². The molecular formula is C34H64N+. The van der Waals surface area contributed by atoms with Crippen LogP contribution in [0.15, 0.2) is 24.5 Å². The van der Waals surface area contributed by atoms with Crippen LogP contribution in [-0.2, 0) is 13.0 Å². The average Bonchev–Trinajstić information content (AvgIpc) is 2.88. The van der Waals surface area contributed by atoms with E-state index in [0.29, 0.717) is 0 Å². The van der Waals surface area contributed by atoms with E-state index in [4.69, 9.17) is 0 Å². The molecule has 0 atom stereocenters. The van der Waals surface area contributed by atoms with Gasteiger partial charge < -0.3 is 0 Å².